The first-order valence-electron chi connectivity index (χ1n) is 12.8. The fraction of sp³-hybridized carbons (Fsp3) is 0.448. The molecule has 2 aromatic heterocycles. The van der Waals surface area contributed by atoms with Crippen molar-refractivity contribution < 1.29 is 0 Å². The summed E-state index contributed by atoms with van der Waals surface area (Å²) < 4.78 is 5.60. The van der Waals surface area contributed by atoms with Gasteiger partial charge in [-0.15, -0.1) is 0 Å². The summed E-state index contributed by atoms with van der Waals surface area (Å²) in [4.78, 5) is 7.36. The van der Waals surface area contributed by atoms with Crippen LogP contribution in [0.15, 0.2) is 40.9 Å². The van der Waals surface area contributed by atoms with Gasteiger partial charge < -0.3 is 14.0 Å². The third-order valence-electron chi connectivity index (χ3n) is 6.86. The minimum Gasteiger partial charge on any atom is -0.327 e. The zero-order valence-electron chi connectivity index (χ0n) is 21.8. The van der Waals surface area contributed by atoms with Crippen molar-refractivity contribution in [1.82, 2.24) is 19.0 Å². The van der Waals surface area contributed by atoms with Gasteiger partial charge in [0.2, 0.25) is 0 Å². The van der Waals surface area contributed by atoms with Gasteiger partial charge in [-0.05, 0) is 83.1 Å². The molecule has 0 radical (unpaired) electrons. The van der Waals surface area contributed by atoms with E-state index in [0.29, 0.717) is 12.0 Å². The monoisotopic (exact) mass is 535 g/mol. The Hall–Kier alpha value is -2.44. The first kappa shape index (κ1) is 25.6. The molecule has 0 amide bonds. The van der Waals surface area contributed by atoms with E-state index in [9.17, 15) is 5.41 Å². The van der Waals surface area contributed by atoms with Gasteiger partial charge in [-0.3, -0.25) is 5.41 Å². The quantitative estimate of drug-likeness (QED) is 0.233. The van der Waals surface area contributed by atoms with E-state index >= 15 is 0 Å². The lowest BCUT2D eigenvalue weighted by Crippen LogP contribution is -2.22. The van der Waals surface area contributed by atoms with E-state index in [-0.39, 0.29) is 0 Å². The fourth-order valence-electron chi connectivity index (χ4n) is 4.94. The first-order chi connectivity index (χ1) is 16.8. The summed E-state index contributed by atoms with van der Waals surface area (Å²) in [6.45, 7) is 9.20. The number of fused-ring (bicyclic) bond motifs is 3. The van der Waals surface area contributed by atoms with Crippen molar-refractivity contribution in [2.24, 2.45) is 0 Å². The van der Waals surface area contributed by atoms with Crippen LogP contribution in [0.2, 0.25) is 0 Å². The highest BCUT2D eigenvalue weighted by molar-refractivity contribution is 9.10. The van der Waals surface area contributed by atoms with Gasteiger partial charge in [0.05, 0.1) is 11.0 Å². The summed E-state index contributed by atoms with van der Waals surface area (Å²) in [5.41, 5.74) is 7.28. The highest BCUT2D eigenvalue weighted by Gasteiger charge is 2.19. The van der Waals surface area contributed by atoms with E-state index < -0.39 is 0 Å². The molecule has 0 saturated heterocycles. The molecule has 0 aliphatic carbocycles. The summed E-state index contributed by atoms with van der Waals surface area (Å²) in [7, 11) is 4.26. The van der Waals surface area contributed by atoms with E-state index in [1.54, 1.807) is 0 Å². The number of hydrogen-bond donors (Lipinski definition) is 1. The molecule has 0 atom stereocenters. The summed E-state index contributed by atoms with van der Waals surface area (Å²) >= 11 is 3.71. The third-order valence-corrected chi connectivity index (χ3v) is 7.36. The van der Waals surface area contributed by atoms with Crippen LogP contribution in [0.5, 0.6) is 0 Å². The normalized spacial score (nSPS) is 11.9. The van der Waals surface area contributed by atoms with E-state index in [1.165, 1.54) is 16.7 Å². The molecule has 0 fully saturated rings. The lowest BCUT2D eigenvalue weighted by Gasteiger charge is -2.17. The second kappa shape index (κ2) is 11.1. The number of imidazole rings is 1. The highest BCUT2D eigenvalue weighted by atomic mass is 79.9. The van der Waals surface area contributed by atoms with Crippen LogP contribution < -0.4 is 5.49 Å². The number of aryl methyl sites for hydroxylation is 4. The van der Waals surface area contributed by atoms with Crippen molar-refractivity contribution in [3.05, 3.63) is 68.9 Å². The number of benzene rings is 2. The van der Waals surface area contributed by atoms with Crippen LogP contribution in [-0.4, -0.2) is 39.7 Å². The van der Waals surface area contributed by atoms with Gasteiger partial charge in [-0.25, -0.2) is 4.98 Å². The average molecular weight is 537 g/mol. The van der Waals surface area contributed by atoms with E-state index in [0.717, 1.165) is 77.4 Å². The van der Waals surface area contributed by atoms with Crippen LogP contribution >= 0.6 is 15.9 Å². The molecule has 0 bridgehead atoms. The number of hydrogen-bond acceptors (Lipinski definition) is 3. The van der Waals surface area contributed by atoms with Gasteiger partial charge in [-0.2, -0.15) is 0 Å². The van der Waals surface area contributed by atoms with Gasteiger partial charge in [-0.1, -0.05) is 53.0 Å². The Balaban J connectivity index is 1.91. The molecule has 4 aromatic rings. The van der Waals surface area contributed by atoms with Crippen LogP contribution in [0.25, 0.3) is 21.9 Å². The molecule has 0 aliphatic rings. The molecule has 0 spiro atoms. The summed E-state index contributed by atoms with van der Waals surface area (Å²) in [6, 6.07) is 13.0. The Morgan fingerprint density at radius 1 is 1.00 bits per heavy atom. The fourth-order valence-corrected chi connectivity index (χ4v) is 5.30. The van der Waals surface area contributed by atoms with Gasteiger partial charge in [0, 0.05) is 29.4 Å². The molecule has 35 heavy (non-hydrogen) atoms. The Kier molecular flexibility index (Phi) is 8.12. The van der Waals surface area contributed by atoms with E-state index in [2.05, 4.69) is 101 Å². The molecule has 4 rings (SSSR count). The van der Waals surface area contributed by atoms with Crippen LogP contribution in [0, 0.1) is 19.3 Å². The molecule has 0 aliphatic heterocycles. The smallest absolute Gasteiger partial charge is 0.154 e. The first-order valence-corrected chi connectivity index (χ1v) is 13.6. The van der Waals surface area contributed by atoms with Crippen molar-refractivity contribution in [3.63, 3.8) is 0 Å². The average Bonchev–Trinajstić information content (AvgIpc) is 3.18. The molecular formula is C29H38BrN5. The maximum Gasteiger partial charge on any atom is 0.154 e. The Bertz CT molecular complexity index is 1400. The molecule has 0 saturated carbocycles. The van der Waals surface area contributed by atoms with E-state index in [4.69, 9.17) is 4.98 Å². The summed E-state index contributed by atoms with van der Waals surface area (Å²) in [6.07, 6.45) is 5.44. The highest BCUT2D eigenvalue weighted by Crippen LogP contribution is 2.29. The van der Waals surface area contributed by atoms with Crippen LogP contribution in [0.4, 0.5) is 0 Å². The van der Waals surface area contributed by atoms with Crippen molar-refractivity contribution >= 4 is 37.9 Å². The molecule has 2 aromatic carbocycles. The minimum absolute atomic E-state index is 0.500. The maximum atomic E-state index is 9.26. The minimum atomic E-state index is 0.500. The lowest BCUT2D eigenvalue weighted by molar-refractivity contribution is 0.387. The molecule has 6 heteroatoms. The van der Waals surface area contributed by atoms with E-state index in [1.807, 2.05) is 0 Å². The van der Waals surface area contributed by atoms with Gasteiger partial charge in [0.15, 0.2) is 5.49 Å². The number of pyridine rings is 1. The van der Waals surface area contributed by atoms with Crippen LogP contribution in [0.3, 0.4) is 0 Å². The maximum absolute atomic E-state index is 9.26. The number of rotatable bonds is 10. The number of halogens is 1. The predicted octanol–water partition coefficient (Wildman–Crippen LogP) is 6.58. The molecular weight excluding hydrogens is 498 g/mol. The Labute approximate surface area is 217 Å². The Morgan fingerprint density at radius 3 is 2.51 bits per heavy atom. The molecule has 5 nitrogen and oxygen atoms in total. The van der Waals surface area contributed by atoms with Gasteiger partial charge >= 0.3 is 0 Å². The largest absolute Gasteiger partial charge is 0.327 e. The van der Waals surface area contributed by atoms with Gasteiger partial charge in [0.25, 0.3) is 0 Å². The molecule has 2 heterocycles. The summed E-state index contributed by atoms with van der Waals surface area (Å²) in [5, 5.41) is 10.4. The summed E-state index contributed by atoms with van der Waals surface area (Å²) in [5.74, 6) is 1.12. The topological polar surface area (TPSA) is 49.8 Å². The molecule has 186 valence electrons. The molecule has 0 unspecified atom stereocenters. The Morgan fingerprint density at radius 2 is 1.80 bits per heavy atom. The number of aromatic nitrogens is 3. The standard InChI is InChI=1S/C29H38BrN5/c1-6-7-10-26-32-27-28(34(26)16-9-8-15-33(4)5)24-18-23(30)13-14-25(24)35(29(27)31)19-22-12-11-20(2)17-21(22)3/h11-14,17-18,31H,6-10,15-16,19H2,1-5H3. The lowest BCUT2D eigenvalue weighted by atomic mass is 10.1. The number of unbranched alkanes of at least 4 members (excludes halogenated alkanes) is 2. The van der Waals surface area contributed by atoms with Crippen molar-refractivity contribution in [1.29, 1.82) is 5.41 Å². The van der Waals surface area contributed by atoms with Crippen molar-refractivity contribution in [3.8, 4) is 0 Å². The SMILES string of the molecule is CCCCc1nc2c(=N)n(Cc3ccc(C)cc3C)c3ccc(Br)cc3c2n1CCCCN(C)C. The predicted molar refractivity (Wildman–Crippen MR) is 150 cm³/mol. The molecule has 1 N–H and O–H groups in total. The van der Waals surface area contributed by atoms with Crippen molar-refractivity contribution in [2.75, 3.05) is 20.6 Å². The second-order valence-corrected chi connectivity index (χ2v) is 10.9. The van der Waals surface area contributed by atoms with Crippen LogP contribution in [-0.2, 0) is 19.5 Å². The van der Waals surface area contributed by atoms with Gasteiger partial charge in [0.1, 0.15) is 11.3 Å². The zero-order valence-corrected chi connectivity index (χ0v) is 23.4. The van der Waals surface area contributed by atoms with Crippen molar-refractivity contribution in [2.45, 2.75) is 66.0 Å². The number of nitrogens with zero attached hydrogens (tertiary/aromatic N) is 4. The zero-order chi connectivity index (χ0) is 25.1. The second-order valence-electron chi connectivity index (χ2n) is 10.0. The third kappa shape index (κ3) is 5.54. The van der Waals surface area contributed by atoms with Crippen LogP contribution in [0.1, 0.15) is 55.1 Å². The number of nitrogens with one attached hydrogen (secondary N) is 1.